The standard InChI is InChI=1S/C16H15F3N6O/c17-16(18,19)13-7-12(10-3-4-10)23-15(24-13)26-11-5-1-9(2-6-11)8-22-25-14(20)21/h1-2,5-8,10H,3-4H2,(H4,20,21,25). The van der Waals surface area contributed by atoms with Crippen molar-refractivity contribution in [3.63, 3.8) is 0 Å². The van der Waals surface area contributed by atoms with Crippen LogP contribution in [0.25, 0.3) is 0 Å². The highest BCUT2D eigenvalue weighted by Crippen LogP contribution is 2.41. The highest BCUT2D eigenvalue weighted by atomic mass is 19.4. The van der Waals surface area contributed by atoms with Gasteiger partial charge in [0.2, 0.25) is 5.96 Å². The van der Waals surface area contributed by atoms with Crippen molar-refractivity contribution in [2.45, 2.75) is 24.9 Å². The quantitative estimate of drug-likeness (QED) is 0.481. The topological polar surface area (TPSA) is 112 Å². The van der Waals surface area contributed by atoms with Crippen LogP contribution in [-0.4, -0.2) is 22.1 Å². The van der Waals surface area contributed by atoms with E-state index in [0.29, 0.717) is 17.0 Å². The Kier molecular flexibility index (Phi) is 4.74. The van der Waals surface area contributed by atoms with Crippen LogP contribution in [0.1, 0.15) is 35.7 Å². The fraction of sp³-hybridized carbons (Fsp3) is 0.250. The summed E-state index contributed by atoms with van der Waals surface area (Å²) in [7, 11) is 0. The van der Waals surface area contributed by atoms with Crippen molar-refractivity contribution in [2.24, 2.45) is 21.7 Å². The molecule has 10 heteroatoms. The van der Waals surface area contributed by atoms with E-state index in [1.807, 2.05) is 0 Å². The molecule has 0 atom stereocenters. The van der Waals surface area contributed by atoms with Gasteiger partial charge in [0.15, 0.2) is 5.69 Å². The van der Waals surface area contributed by atoms with Gasteiger partial charge in [0.1, 0.15) is 5.75 Å². The Morgan fingerprint density at radius 1 is 1.15 bits per heavy atom. The second-order valence-corrected chi connectivity index (χ2v) is 5.67. The molecule has 0 amide bonds. The highest BCUT2D eigenvalue weighted by molar-refractivity contribution is 5.81. The minimum atomic E-state index is -4.56. The van der Waals surface area contributed by atoms with E-state index in [1.165, 1.54) is 6.21 Å². The maximum Gasteiger partial charge on any atom is 0.433 e. The van der Waals surface area contributed by atoms with E-state index < -0.39 is 11.9 Å². The number of alkyl halides is 3. The molecule has 1 heterocycles. The average Bonchev–Trinajstić information content (AvgIpc) is 3.40. The van der Waals surface area contributed by atoms with Gasteiger partial charge in [0, 0.05) is 5.92 Å². The molecule has 1 aromatic heterocycles. The van der Waals surface area contributed by atoms with Gasteiger partial charge in [-0.15, -0.1) is 5.10 Å². The number of hydrogen-bond acceptors (Lipinski definition) is 5. The largest absolute Gasteiger partial charge is 0.433 e. The lowest BCUT2D eigenvalue weighted by Gasteiger charge is -2.10. The van der Waals surface area contributed by atoms with Crippen LogP contribution in [-0.2, 0) is 6.18 Å². The summed E-state index contributed by atoms with van der Waals surface area (Å²) in [5.41, 5.74) is 10.3. The van der Waals surface area contributed by atoms with Gasteiger partial charge in [0.05, 0.1) is 11.9 Å². The van der Waals surface area contributed by atoms with Gasteiger partial charge in [-0.1, -0.05) is 0 Å². The Balaban J connectivity index is 1.79. The normalized spacial score (nSPS) is 14.4. The van der Waals surface area contributed by atoms with Crippen LogP contribution in [0.3, 0.4) is 0 Å². The van der Waals surface area contributed by atoms with Gasteiger partial charge in [-0.25, -0.2) is 0 Å². The minimum Gasteiger partial charge on any atom is -0.424 e. The average molecular weight is 364 g/mol. The van der Waals surface area contributed by atoms with Gasteiger partial charge in [-0.05, 0) is 48.7 Å². The van der Waals surface area contributed by atoms with E-state index in [0.717, 1.165) is 18.9 Å². The van der Waals surface area contributed by atoms with Crippen molar-refractivity contribution >= 4 is 12.2 Å². The summed E-state index contributed by atoms with van der Waals surface area (Å²) >= 11 is 0. The molecule has 1 fully saturated rings. The monoisotopic (exact) mass is 364 g/mol. The van der Waals surface area contributed by atoms with Gasteiger partial charge in [-0.2, -0.15) is 28.2 Å². The third-order valence-electron chi connectivity index (χ3n) is 3.48. The Morgan fingerprint density at radius 2 is 1.85 bits per heavy atom. The summed E-state index contributed by atoms with van der Waals surface area (Å²) in [6.07, 6.45) is -1.51. The van der Waals surface area contributed by atoms with Crippen LogP contribution in [0, 0.1) is 0 Å². The van der Waals surface area contributed by atoms with Crippen LogP contribution >= 0.6 is 0 Å². The second-order valence-electron chi connectivity index (χ2n) is 5.67. The number of rotatable bonds is 5. The first kappa shape index (κ1) is 17.6. The number of ether oxygens (including phenoxy) is 1. The zero-order valence-electron chi connectivity index (χ0n) is 13.4. The summed E-state index contributed by atoms with van der Waals surface area (Å²) in [5, 5.41) is 7.11. The van der Waals surface area contributed by atoms with Crippen LogP contribution in [0.5, 0.6) is 11.8 Å². The molecule has 136 valence electrons. The molecule has 2 aromatic rings. The van der Waals surface area contributed by atoms with E-state index in [9.17, 15) is 13.2 Å². The zero-order chi connectivity index (χ0) is 18.7. The molecule has 26 heavy (non-hydrogen) atoms. The predicted octanol–water partition coefficient (Wildman–Crippen LogP) is 2.77. The molecule has 0 bridgehead atoms. The van der Waals surface area contributed by atoms with E-state index >= 15 is 0 Å². The van der Waals surface area contributed by atoms with E-state index in [-0.39, 0.29) is 17.9 Å². The molecule has 1 aliphatic rings. The zero-order valence-corrected chi connectivity index (χ0v) is 13.4. The Bertz CT molecular complexity index is 840. The first-order valence-corrected chi connectivity index (χ1v) is 7.67. The van der Waals surface area contributed by atoms with E-state index in [2.05, 4.69) is 20.2 Å². The lowest BCUT2D eigenvalue weighted by molar-refractivity contribution is -0.141. The first-order valence-electron chi connectivity index (χ1n) is 7.67. The van der Waals surface area contributed by atoms with Gasteiger partial charge in [-0.3, -0.25) is 0 Å². The second kappa shape index (κ2) is 6.98. The van der Waals surface area contributed by atoms with Crippen LogP contribution in [0.2, 0.25) is 0 Å². The summed E-state index contributed by atoms with van der Waals surface area (Å²) in [5.74, 6) is 0.162. The van der Waals surface area contributed by atoms with E-state index in [1.54, 1.807) is 24.3 Å². The third kappa shape index (κ3) is 4.68. The number of hydrogen-bond donors (Lipinski definition) is 2. The number of nitrogens with two attached hydrogens (primary N) is 2. The smallest absolute Gasteiger partial charge is 0.424 e. The number of benzene rings is 1. The van der Waals surface area contributed by atoms with Crippen molar-refractivity contribution in [1.29, 1.82) is 0 Å². The molecule has 1 aromatic carbocycles. The predicted molar refractivity (Wildman–Crippen MR) is 88.9 cm³/mol. The number of guanidine groups is 1. The van der Waals surface area contributed by atoms with Crippen molar-refractivity contribution in [3.8, 4) is 11.8 Å². The molecule has 4 N–H and O–H groups in total. The minimum absolute atomic E-state index is 0.0376. The molecule has 0 aliphatic heterocycles. The maximum atomic E-state index is 13.0. The Morgan fingerprint density at radius 3 is 2.42 bits per heavy atom. The van der Waals surface area contributed by atoms with Crippen molar-refractivity contribution in [2.75, 3.05) is 0 Å². The summed E-state index contributed by atoms with van der Waals surface area (Å²) in [6.45, 7) is 0. The molecule has 0 unspecified atom stereocenters. The maximum absolute atomic E-state index is 13.0. The third-order valence-corrected chi connectivity index (χ3v) is 3.48. The van der Waals surface area contributed by atoms with Gasteiger partial charge in [0.25, 0.3) is 0 Å². The summed E-state index contributed by atoms with van der Waals surface area (Å²) in [4.78, 5) is 7.56. The summed E-state index contributed by atoms with van der Waals surface area (Å²) in [6, 6.07) is 7.03. The lowest BCUT2D eigenvalue weighted by atomic mass is 10.2. The number of nitrogens with zero attached hydrogens (tertiary/aromatic N) is 4. The molecule has 0 saturated heterocycles. The Labute approximate surface area is 146 Å². The molecule has 0 spiro atoms. The molecular formula is C16H15F3N6O. The van der Waals surface area contributed by atoms with Crippen LogP contribution in [0.15, 0.2) is 40.5 Å². The highest BCUT2D eigenvalue weighted by Gasteiger charge is 2.36. The fourth-order valence-electron chi connectivity index (χ4n) is 2.11. The SMILES string of the molecule is NC(N)=NN=Cc1ccc(Oc2nc(C3CC3)cc(C(F)(F)F)n2)cc1. The molecular weight excluding hydrogens is 349 g/mol. The number of halogens is 3. The van der Waals surface area contributed by atoms with Crippen molar-refractivity contribution in [3.05, 3.63) is 47.3 Å². The van der Waals surface area contributed by atoms with Gasteiger partial charge < -0.3 is 16.2 Å². The van der Waals surface area contributed by atoms with Crippen molar-refractivity contribution in [1.82, 2.24) is 9.97 Å². The first-order chi connectivity index (χ1) is 12.3. The van der Waals surface area contributed by atoms with Crippen LogP contribution < -0.4 is 16.2 Å². The Hall–Kier alpha value is -3.17. The number of aromatic nitrogens is 2. The van der Waals surface area contributed by atoms with Crippen LogP contribution in [0.4, 0.5) is 13.2 Å². The van der Waals surface area contributed by atoms with Gasteiger partial charge >= 0.3 is 12.2 Å². The molecule has 1 saturated carbocycles. The molecule has 1 aliphatic carbocycles. The molecule has 0 radical (unpaired) electrons. The molecule has 7 nitrogen and oxygen atoms in total. The summed E-state index contributed by atoms with van der Waals surface area (Å²) < 4.78 is 44.4. The lowest BCUT2D eigenvalue weighted by Crippen LogP contribution is -2.21. The molecule has 3 rings (SSSR count). The van der Waals surface area contributed by atoms with Crippen molar-refractivity contribution < 1.29 is 17.9 Å². The van der Waals surface area contributed by atoms with E-state index in [4.69, 9.17) is 16.2 Å². The fourth-order valence-corrected chi connectivity index (χ4v) is 2.11.